The van der Waals surface area contributed by atoms with Gasteiger partial charge in [-0.05, 0) is 36.2 Å². The molecule has 8 nitrogen and oxygen atoms in total. The van der Waals surface area contributed by atoms with Crippen LogP contribution in [0.4, 0.5) is 11.5 Å². The maximum atomic E-state index is 14.5. The van der Waals surface area contributed by atoms with Crippen molar-refractivity contribution in [3.8, 4) is 5.69 Å². The summed E-state index contributed by atoms with van der Waals surface area (Å²) >= 11 is 7.23. The molecule has 7 rings (SSSR count). The van der Waals surface area contributed by atoms with Crippen LogP contribution in [0.3, 0.4) is 0 Å². The molecule has 1 aliphatic heterocycles. The van der Waals surface area contributed by atoms with Crippen molar-refractivity contribution >= 4 is 44.9 Å². The lowest BCUT2D eigenvalue weighted by Gasteiger charge is -2.25. The van der Waals surface area contributed by atoms with Gasteiger partial charge in [-0.1, -0.05) is 66.2 Å². The van der Waals surface area contributed by atoms with E-state index in [-0.39, 0.29) is 11.0 Å². The third kappa shape index (κ3) is 4.15. The van der Waals surface area contributed by atoms with Gasteiger partial charge >= 0.3 is 0 Å². The Balaban J connectivity index is 1.43. The minimum absolute atomic E-state index is 0.170. The van der Waals surface area contributed by atoms with Crippen LogP contribution in [0.15, 0.2) is 101 Å². The Morgan fingerprint density at radius 3 is 2.37 bits per heavy atom. The van der Waals surface area contributed by atoms with E-state index in [4.69, 9.17) is 11.6 Å². The molecule has 0 radical (unpaired) electrons. The van der Waals surface area contributed by atoms with Crippen molar-refractivity contribution in [1.29, 1.82) is 0 Å². The second-order valence-electron chi connectivity index (χ2n) is 10.2. The fraction of sp³-hybridized carbons (Fsp3) is 0.125. The highest BCUT2D eigenvalue weighted by Crippen LogP contribution is 2.38. The molecule has 3 aromatic carbocycles. The van der Waals surface area contributed by atoms with Crippen LogP contribution < -0.4 is 21.2 Å². The lowest BCUT2D eigenvalue weighted by molar-refractivity contribution is 0.773. The van der Waals surface area contributed by atoms with Crippen LogP contribution >= 0.6 is 11.6 Å². The van der Waals surface area contributed by atoms with E-state index in [1.807, 2.05) is 67.6 Å². The number of anilines is 2. The molecule has 0 spiro atoms. The maximum absolute atomic E-state index is 14.5. The number of hydrogen-bond acceptors (Lipinski definition) is 6. The number of nitrogens with zero attached hydrogens (tertiary/aromatic N) is 4. The van der Waals surface area contributed by atoms with Gasteiger partial charge in [0.05, 0.1) is 27.8 Å². The first-order valence-electron chi connectivity index (χ1n) is 13.3. The number of nitrogens with one attached hydrogen (secondary N) is 2. The molecule has 1 atom stereocenters. The van der Waals surface area contributed by atoms with Gasteiger partial charge in [-0.3, -0.25) is 14.2 Å². The molecule has 1 aliphatic rings. The molecule has 41 heavy (non-hydrogen) atoms. The van der Waals surface area contributed by atoms with Crippen LogP contribution in [0.5, 0.6) is 0 Å². The number of pyridine rings is 2. The zero-order chi connectivity index (χ0) is 28.1. The summed E-state index contributed by atoms with van der Waals surface area (Å²) < 4.78 is 1.67. The van der Waals surface area contributed by atoms with Gasteiger partial charge in [0, 0.05) is 36.4 Å². The third-order valence-electron chi connectivity index (χ3n) is 7.67. The molecular weight excluding hydrogens is 536 g/mol. The predicted molar refractivity (Wildman–Crippen MR) is 163 cm³/mol. The minimum atomic E-state index is -0.503. The fourth-order valence-electron chi connectivity index (χ4n) is 5.78. The monoisotopic (exact) mass is 560 g/mol. The van der Waals surface area contributed by atoms with Crippen LogP contribution in [0.1, 0.15) is 29.8 Å². The van der Waals surface area contributed by atoms with Gasteiger partial charge in [-0.15, -0.1) is 0 Å². The minimum Gasteiger partial charge on any atom is -0.362 e. The van der Waals surface area contributed by atoms with Gasteiger partial charge in [0.15, 0.2) is 5.43 Å². The Morgan fingerprint density at radius 1 is 0.878 bits per heavy atom. The standard InChI is InChI=1S/C32H25ClN6O2/c1-19(37-31-27-25(40)14-15-34-30(27)35-18-36-31)29-28(33)23-12-7-13-24(38-16-20-8-5-6-9-21(20)17-38)26(23)32(41)39(29)22-10-3-2-4-11-22/h2-15,18-19H,16-17H2,1H3,(H2,34,35,36,37,40)/t19-/m0/s1. The molecular formula is C32H25ClN6O2. The van der Waals surface area contributed by atoms with Gasteiger partial charge < -0.3 is 15.2 Å². The lowest BCUT2D eigenvalue weighted by Crippen LogP contribution is -2.28. The molecule has 6 aromatic rings. The highest BCUT2D eigenvalue weighted by Gasteiger charge is 2.27. The van der Waals surface area contributed by atoms with Gasteiger partial charge in [0.2, 0.25) is 0 Å². The summed E-state index contributed by atoms with van der Waals surface area (Å²) in [5.74, 6) is 0.358. The van der Waals surface area contributed by atoms with Crippen molar-refractivity contribution in [2.24, 2.45) is 0 Å². The Morgan fingerprint density at radius 2 is 1.61 bits per heavy atom. The molecule has 0 bridgehead atoms. The number of para-hydroxylation sites is 1. The quantitative estimate of drug-likeness (QED) is 0.270. The number of aromatic nitrogens is 4. The second kappa shape index (κ2) is 9.91. The van der Waals surface area contributed by atoms with Crippen molar-refractivity contribution in [3.63, 3.8) is 0 Å². The van der Waals surface area contributed by atoms with Gasteiger partial charge in [0.25, 0.3) is 5.56 Å². The molecule has 4 heterocycles. The van der Waals surface area contributed by atoms with Crippen molar-refractivity contribution in [2.75, 3.05) is 10.2 Å². The van der Waals surface area contributed by atoms with Crippen LogP contribution in [0.2, 0.25) is 5.02 Å². The van der Waals surface area contributed by atoms with Gasteiger partial charge in [-0.25, -0.2) is 9.97 Å². The Bertz CT molecular complexity index is 2040. The number of aromatic amines is 1. The highest BCUT2D eigenvalue weighted by molar-refractivity contribution is 6.36. The van der Waals surface area contributed by atoms with Crippen molar-refractivity contribution in [2.45, 2.75) is 26.1 Å². The van der Waals surface area contributed by atoms with Crippen LogP contribution in [-0.4, -0.2) is 19.5 Å². The summed E-state index contributed by atoms with van der Waals surface area (Å²) in [5.41, 5.74) is 4.64. The zero-order valence-corrected chi connectivity index (χ0v) is 22.9. The van der Waals surface area contributed by atoms with E-state index in [2.05, 4.69) is 37.3 Å². The molecule has 0 unspecified atom stereocenters. The number of hydrogen-bond donors (Lipinski definition) is 2. The number of halogens is 1. The van der Waals surface area contributed by atoms with Crippen molar-refractivity contribution in [3.05, 3.63) is 134 Å². The molecule has 3 aromatic heterocycles. The van der Waals surface area contributed by atoms with Crippen molar-refractivity contribution in [1.82, 2.24) is 19.5 Å². The summed E-state index contributed by atoms with van der Waals surface area (Å²) in [6, 6.07) is 24.6. The molecule has 202 valence electrons. The average Bonchev–Trinajstić information content (AvgIpc) is 3.43. The zero-order valence-electron chi connectivity index (χ0n) is 22.1. The van der Waals surface area contributed by atoms with Gasteiger partial charge in [0.1, 0.15) is 23.2 Å². The van der Waals surface area contributed by atoms with E-state index in [0.717, 1.165) is 5.69 Å². The lowest BCUT2D eigenvalue weighted by atomic mass is 10.0. The molecule has 0 saturated carbocycles. The molecule has 2 N–H and O–H groups in total. The van der Waals surface area contributed by atoms with Crippen LogP contribution in [-0.2, 0) is 13.1 Å². The average molecular weight is 561 g/mol. The van der Waals surface area contributed by atoms with E-state index in [1.54, 1.807) is 10.8 Å². The summed E-state index contributed by atoms with van der Waals surface area (Å²) in [5, 5.41) is 5.37. The molecule has 9 heteroatoms. The van der Waals surface area contributed by atoms with Gasteiger partial charge in [-0.2, -0.15) is 0 Å². The number of H-pyrrole nitrogens is 1. The molecule has 0 amide bonds. The van der Waals surface area contributed by atoms with Crippen molar-refractivity contribution < 1.29 is 0 Å². The summed E-state index contributed by atoms with van der Waals surface area (Å²) in [4.78, 5) is 41.0. The smallest absolute Gasteiger partial charge is 0.265 e. The maximum Gasteiger partial charge on any atom is 0.265 e. The largest absolute Gasteiger partial charge is 0.362 e. The summed E-state index contributed by atoms with van der Waals surface area (Å²) in [7, 11) is 0. The predicted octanol–water partition coefficient (Wildman–Crippen LogP) is 5.97. The van der Waals surface area contributed by atoms with E-state index >= 15 is 0 Å². The van der Waals surface area contributed by atoms with Crippen LogP contribution in [0.25, 0.3) is 27.5 Å². The number of benzene rings is 3. The molecule has 0 fully saturated rings. The van der Waals surface area contributed by atoms with E-state index in [0.29, 0.717) is 57.1 Å². The number of fused-ring (bicyclic) bond motifs is 3. The normalized spacial score (nSPS) is 13.5. The Kier molecular flexibility index (Phi) is 6.05. The molecule has 0 saturated heterocycles. The van der Waals surface area contributed by atoms with E-state index < -0.39 is 6.04 Å². The Labute approximate surface area is 239 Å². The highest BCUT2D eigenvalue weighted by atomic mass is 35.5. The fourth-order valence-corrected chi connectivity index (χ4v) is 6.19. The Hall–Kier alpha value is -4.95. The summed E-state index contributed by atoms with van der Waals surface area (Å²) in [6.07, 6.45) is 2.94. The second-order valence-corrected chi connectivity index (χ2v) is 10.5. The van der Waals surface area contributed by atoms with Crippen LogP contribution in [0, 0.1) is 0 Å². The first-order chi connectivity index (χ1) is 20.0. The molecule has 0 aliphatic carbocycles. The summed E-state index contributed by atoms with van der Waals surface area (Å²) in [6.45, 7) is 3.33. The first kappa shape index (κ1) is 25.0. The van der Waals surface area contributed by atoms with E-state index in [9.17, 15) is 9.59 Å². The first-order valence-corrected chi connectivity index (χ1v) is 13.7. The van der Waals surface area contributed by atoms with E-state index in [1.165, 1.54) is 23.5 Å². The SMILES string of the molecule is C[C@H](Nc1ncnc2[nH]ccc(=O)c12)c1c(Cl)c2cccc(N3Cc4ccccc4C3)c2c(=O)n1-c1ccccc1. The topological polar surface area (TPSA) is 95.9 Å². The number of rotatable bonds is 5. The third-order valence-corrected chi connectivity index (χ3v) is 8.07.